The van der Waals surface area contributed by atoms with E-state index in [2.05, 4.69) is 15.1 Å². The maximum atomic E-state index is 14.5. The highest BCUT2D eigenvalue weighted by atomic mass is 35.5. The molecule has 4 aromatic rings. The Morgan fingerprint density at radius 1 is 1.24 bits per heavy atom. The number of carbonyl (C=O) groups excluding carboxylic acids is 1. The molecule has 10 nitrogen and oxygen atoms in total. The SMILES string of the molecule is COCOC1(c2ncc(C3=CCC(C)(S(=O)(=O)n4c(-c5cnn(CC=O)c5)cc5cccnc54)C=C3Cl)s2)CCC1. The average molecular weight is 614 g/mol. The van der Waals surface area contributed by atoms with E-state index in [0.29, 0.717) is 27.3 Å². The van der Waals surface area contributed by atoms with Crippen LogP contribution in [0.5, 0.6) is 0 Å². The maximum absolute atomic E-state index is 14.5. The van der Waals surface area contributed by atoms with Crippen LogP contribution in [0.25, 0.3) is 27.9 Å². The summed E-state index contributed by atoms with van der Waals surface area (Å²) >= 11 is 8.33. The number of allylic oxidation sites excluding steroid dienone is 3. The lowest BCUT2D eigenvalue weighted by Crippen LogP contribution is -2.39. The molecule has 0 N–H and O–H groups in total. The summed E-state index contributed by atoms with van der Waals surface area (Å²) in [6, 6.07) is 5.33. The zero-order valence-electron chi connectivity index (χ0n) is 22.5. The molecule has 41 heavy (non-hydrogen) atoms. The lowest BCUT2D eigenvalue weighted by atomic mass is 9.80. The number of hydrogen-bond acceptors (Lipinski definition) is 9. The first-order valence-corrected chi connectivity index (χ1v) is 15.7. The van der Waals surface area contributed by atoms with E-state index >= 15 is 0 Å². The summed E-state index contributed by atoms with van der Waals surface area (Å²) in [5.74, 6) is 0. The Morgan fingerprint density at radius 3 is 2.78 bits per heavy atom. The molecule has 1 fully saturated rings. The molecule has 214 valence electrons. The van der Waals surface area contributed by atoms with Gasteiger partial charge in [0, 0.05) is 47.3 Å². The first-order valence-electron chi connectivity index (χ1n) is 13.1. The van der Waals surface area contributed by atoms with Gasteiger partial charge >= 0.3 is 0 Å². The fourth-order valence-electron chi connectivity index (χ4n) is 5.24. The summed E-state index contributed by atoms with van der Waals surface area (Å²) < 4.78 is 41.4. The van der Waals surface area contributed by atoms with Crippen molar-refractivity contribution in [3.8, 4) is 11.3 Å². The lowest BCUT2D eigenvalue weighted by Gasteiger charge is -2.39. The third kappa shape index (κ3) is 4.67. The Labute approximate surface area is 246 Å². The molecule has 0 amide bonds. The number of carbonyl (C=O) groups is 1. The van der Waals surface area contributed by atoms with E-state index in [4.69, 9.17) is 21.1 Å². The molecule has 1 atom stereocenters. The summed E-state index contributed by atoms with van der Waals surface area (Å²) in [6.07, 6.45) is 13.7. The van der Waals surface area contributed by atoms with Crippen LogP contribution in [-0.2, 0) is 36.4 Å². The predicted molar refractivity (Wildman–Crippen MR) is 157 cm³/mol. The standard InChI is InChI=1S/C28H28ClN5O5S2/c1-27(9-6-21(22(29)14-27)24-16-31-26(40-24)28(7-4-8-28)39-18-38-2)41(36,37)34-23(13-19-5-3-10-30-25(19)34)20-15-32-33(17-20)11-12-35/h3,5-6,10,12-17H,4,7-9,11,18H2,1-2H3. The van der Waals surface area contributed by atoms with E-state index in [-0.39, 0.29) is 19.8 Å². The molecular formula is C28H28ClN5O5S2. The Balaban J connectivity index is 1.36. The van der Waals surface area contributed by atoms with Gasteiger partial charge in [-0.25, -0.2) is 22.4 Å². The number of aldehydes is 1. The van der Waals surface area contributed by atoms with Crippen LogP contribution in [0.3, 0.4) is 0 Å². The zero-order chi connectivity index (χ0) is 28.8. The molecular weight excluding hydrogens is 586 g/mol. The monoisotopic (exact) mass is 613 g/mol. The second kappa shape index (κ2) is 10.6. The molecule has 2 aliphatic rings. The molecule has 0 spiro atoms. The van der Waals surface area contributed by atoms with E-state index in [1.807, 2.05) is 12.1 Å². The van der Waals surface area contributed by atoms with Gasteiger partial charge in [-0.2, -0.15) is 5.10 Å². The number of thiazole rings is 1. The molecule has 13 heteroatoms. The number of ether oxygens (including phenoxy) is 2. The highest BCUT2D eigenvalue weighted by Gasteiger charge is 2.45. The van der Waals surface area contributed by atoms with Gasteiger partial charge in [-0.1, -0.05) is 17.7 Å². The summed E-state index contributed by atoms with van der Waals surface area (Å²) in [5, 5.41) is 6.07. The molecule has 0 aliphatic heterocycles. The molecule has 2 aliphatic carbocycles. The third-order valence-corrected chi connectivity index (χ3v) is 11.6. The van der Waals surface area contributed by atoms with Crippen LogP contribution in [0.15, 0.2) is 60.2 Å². The minimum absolute atomic E-state index is 0.0633. The quantitative estimate of drug-likeness (QED) is 0.179. The molecule has 0 saturated heterocycles. The number of hydrogen-bond donors (Lipinski definition) is 0. The van der Waals surface area contributed by atoms with Gasteiger partial charge in [-0.15, -0.1) is 11.3 Å². The van der Waals surface area contributed by atoms with Crippen molar-refractivity contribution in [3.05, 3.63) is 70.1 Å². The van der Waals surface area contributed by atoms with Crippen molar-refractivity contribution in [3.63, 3.8) is 0 Å². The number of rotatable bonds is 10. The largest absolute Gasteiger partial charge is 0.359 e. The zero-order valence-corrected chi connectivity index (χ0v) is 24.9. The molecule has 0 radical (unpaired) electrons. The van der Waals surface area contributed by atoms with E-state index in [1.165, 1.54) is 20.0 Å². The van der Waals surface area contributed by atoms with Crippen LogP contribution in [0.4, 0.5) is 0 Å². The molecule has 4 heterocycles. The van der Waals surface area contributed by atoms with Crippen LogP contribution in [0.1, 0.15) is 42.5 Å². The van der Waals surface area contributed by atoms with Crippen molar-refractivity contribution in [1.29, 1.82) is 0 Å². The fraction of sp³-hybridized carbons (Fsp3) is 0.357. The average Bonchev–Trinajstić information content (AvgIpc) is 3.67. The predicted octanol–water partition coefficient (Wildman–Crippen LogP) is 5.10. The molecule has 4 aromatic heterocycles. The van der Waals surface area contributed by atoms with Gasteiger partial charge in [0.2, 0.25) is 10.0 Å². The number of aromatic nitrogens is 5. The van der Waals surface area contributed by atoms with Crippen molar-refractivity contribution in [1.82, 2.24) is 23.7 Å². The molecule has 6 rings (SSSR count). The van der Waals surface area contributed by atoms with Crippen LogP contribution in [0, 0.1) is 0 Å². The minimum atomic E-state index is -4.09. The topological polar surface area (TPSA) is 118 Å². The van der Waals surface area contributed by atoms with E-state index in [1.54, 1.807) is 57.0 Å². The van der Waals surface area contributed by atoms with E-state index in [9.17, 15) is 13.2 Å². The number of pyridine rings is 1. The summed E-state index contributed by atoms with van der Waals surface area (Å²) in [4.78, 5) is 20.9. The summed E-state index contributed by atoms with van der Waals surface area (Å²) in [6.45, 7) is 1.91. The Morgan fingerprint density at radius 2 is 2.07 bits per heavy atom. The number of nitrogens with zero attached hydrogens (tertiary/aromatic N) is 5. The van der Waals surface area contributed by atoms with E-state index < -0.39 is 20.4 Å². The molecule has 1 unspecified atom stereocenters. The maximum Gasteiger partial charge on any atom is 0.250 e. The Bertz CT molecular complexity index is 1800. The van der Waals surface area contributed by atoms with Crippen molar-refractivity contribution in [2.75, 3.05) is 13.9 Å². The number of fused-ring (bicyclic) bond motifs is 1. The molecule has 1 saturated carbocycles. The first kappa shape index (κ1) is 28.0. The summed E-state index contributed by atoms with van der Waals surface area (Å²) in [5.41, 5.74) is 1.57. The second-order valence-corrected chi connectivity index (χ2v) is 14.1. The van der Waals surface area contributed by atoms with Crippen LogP contribution in [0.2, 0.25) is 0 Å². The Hall–Kier alpha value is -3.16. The van der Waals surface area contributed by atoms with Gasteiger partial charge in [0.1, 0.15) is 28.4 Å². The third-order valence-electron chi connectivity index (χ3n) is 7.72. The van der Waals surface area contributed by atoms with Gasteiger partial charge in [0.25, 0.3) is 0 Å². The Kier molecular flexibility index (Phi) is 7.23. The van der Waals surface area contributed by atoms with Crippen LogP contribution < -0.4 is 0 Å². The van der Waals surface area contributed by atoms with Gasteiger partial charge in [-0.05, 0) is 56.9 Å². The van der Waals surface area contributed by atoms with Gasteiger partial charge in [-0.3, -0.25) is 4.68 Å². The van der Waals surface area contributed by atoms with Crippen molar-refractivity contribution >= 4 is 55.9 Å². The molecule has 0 bridgehead atoms. The number of halogens is 1. The van der Waals surface area contributed by atoms with Gasteiger partial charge in [0.15, 0.2) is 5.65 Å². The van der Waals surface area contributed by atoms with Crippen molar-refractivity contribution in [2.45, 2.75) is 49.5 Å². The second-order valence-electron chi connectivity index (χ2n) is 10.4. The van der Waals surface area contributed by atoms with Crippen molar-refractivity contribution < 1.29 is 22.7 Å². The lowest BCUT2D eigenvalue weighted by molar-refractivity contribution is -0.171. The minimum Gasteiger partial charge on any atom is -0.359 e. The normalized spacial score (nSPS) is 20.5. The van der Waals surface area contributed by atoms with Crippen LogP contribution >= 0.6 is 22.9 Å². The first-order chi connectivity index (χ1) is 19.7. The molecule has 0 aromatic carbocycles. The summed E-state index contributed by atoms with van der Waals surface area (Å²) in [7, 11) is -2.50. The smallest absolute Gasteiger partial charge is 0.250 e. The van der Waals surface area contributed by atoms with E-state index in [0.717, 1.165) is 41.0 Å². The van der Waals surface area contributed by atoms with Crippen LogP contribution in [-0.4, -0.2) is 57.1 Å². The highest BCUT2D eigenvalue weighted by molar-refractivity contribution is 7.91. The fourth-order valence-corrected chi connectivity index (χ4v) is 8.73. The number of methoxy groups -OCH3 is 1. The highest BCUT2D eigenvalue weighted by Crippen LogP contribution is 2.48. The van der Waals surface area contributed by atoms with Gasteiger partial charge < -0.3 is 14.3 Å². The van der Waals surface area contributed by atoms with Gasteiger partial charge in [0.05, 0.1) is 23.3 Å². The van der Waals surface area contributed by atoms with Crippen molar-refractivity contribution in [2.24, 2.45) is 0 Å².